The molecule has 1 fully saturated rings. The summed E-state index contributed by atoms with van der Waals surface area (Å²) in [5.74, 6) is 3.15. The molecule has 1 aromatic rings. The lowest BCUT2D eigenvalue weighted by atomic mass is 10.0. The van der Waals surface area contributed by atoms with Crippen LogP contribution >= 0.6 is 0 Å². The normalized spacial score (nSPS) is 19.1. The first-order valence-electron chi connectivity index (χ1n) is 6.31. The van der Waals surface area contributed by atoms with Gasteiger partial charge in [0.2, 0.25) is 0 Å². The zero-order valence-corrected chi connectivity index (χ0v) is 10.6. The molecule has 3 heteroatoms. The second kappa shape index (κ2) is 5.59. The molecule has 3 nitrogen and oxygen atoms in total. The van der Waals surface area contributed by atoms with Crippen LogP contribution in [-0.2, 0) is 0 Å². The molecule has 2 amide bonds. The number of hydrogen-bond donors (Lipinski definition) is 1. The number of carbonyl (C=O) groups excluding carboxylic acids is 1. The van der Waals surface area contributed by atoms with Crippen LogP contribution in [0.5, 0.6) is 0 Å². The topological polar surface area (TPSA) is 32.3 Å². The zero-order valence-electron chi connectivity index (χ0n) is 10.6. The van der Waals surface area contributed by atoms with Crippen molar-refractivity contribution in [2.75, 3.05) is 18.4 Å². The highest BCUT2D eigenvalue weighted by Gasteiger charge is 2.20. The van der Waals surface area contributed by atoms with Gasteiger partial charge in [0.15, 0.2) is 0 Å². The number of nitrogens with zero attached hydrogens (tertiary/aromatic N) is 1. The number of amides is 2. The molecule has 0 saturated carbocycles. The van der Waals surface area contributed by atoms with Gasteiger partial charge in [-0.05, 0) is 37.0 Å². The van der Waals surface area contributed by atoms with E-state index in [1.165, 1.54) is 6.42 Å². The summed E-state index contributed by atoms with van der Waals surface area (Å²) < 4.78 is 0. The van der Waals surface area contributed by atoms with Gasteiger partial charge in [-0.25, -0.2) is 4.79 Å². The summed E-state index contributed by atoms with van der Waals surface area (Å²) in [6, 6.07) is 7.33. The number of piperidine rings is 1. The second-order valence-corrected chi connectivity index (χ2v) is 4.85. The Kier molecular flexibility index (Phi) is 3.88. The van der Waals surface area contributed by atoms with Crippen molar-refractivity contribution >= 4 is 11.7 Å². The molecule has 1 N–H and O–H groups in total. The van der Waals surface area contributed by atoms with Gasteiger partial charge in [0, 0.05) is 24.3 Å². The quantitative estimate of drug-likeness (QED) is 0.754. The smallest absolute Gasteiger partial charge is 0.321 e. The van der Waals surface area contributed by atoms with Gasteiger partial charge in [-0.15, -0.1) is 6.42 Å². The summed E-state index contributed by atoms with van der Waals surface area (Å²) in [6.07, 6.45) is 7.62. The third-order valence-electron chi connectivity index (χ3n) is 3.22. The Morgan fingerprint density at radius 2 is 2.39 bits per heavy atom. The largest absolute Gasteiger partial charge is 0.324 e. The van der Waals surface area contributed by atoms with Crippen LogP contribution in [0.15, 0.2) is 24.3 Å². The van der Waals surface area contributed by atoms with E-state index in [2.05, 4.69) is 18.2 Å². The van der Waals surface area contributed by atoms with Crippen molar-refractivity contribution in [3.63, 3.8) is 0 Å². The van der Waals surface area contributed by atoms with Gasteiger partial charge in [-0.3, -0.25) is 0 Å². The number of terminal acetylenes is 1. The van der Waals surface area contributed by atoms with Gasteiger partial charge in [0.1, 0.15) is 0 Å². The monoisotopic (exact) mass is 242 g/mol. The summed E-state index contributed by atoms with van der Waals surface area (Å²) >= 11 is 0. The van der Waals surface area contributed by atoms with Crippen molar-refractivity contribution in [3.8, 4) is 12.3 Å². The Bertz CT molecular complexity index is 476. The van der Waals surface area contributed by atoms with Crippen molar-refractivity contribution in [1.29, 1.82) is 0 Å². The lowest BCUT2D eigenvalue weighted by Gasteiger charge is -2.30. The minimum atomic E-state index is -0.0317. The number of nitrogens with one attached hydrogen (secondary N) is 1. The first-order valence-corrected chi connectivity index (χ1v) is 6.31. The maximum absolute atomic E-state index is 12.1. The van der Waals surface area contributed by atoms with Crippen LogP contribution in [0.3, 0.4) is 0 Å². The molecule has 0 spiro atoms. The molecule has 1 aliphatic heterocycles. The molecule has 1 heterocycles. The number of likely N-dealkylation sites (tertiary alicyclic amines) is 1. The predicted octanol–water partition coefficient (Wildman–Crippen LogP) is 2.93. The van der Waals surface area contributed by atoms with Gasteiger partial charge >= 0.3 is 6.03 Å². The number of carbonyl (C=O) groups is 1. The van der Waals surface area contributed by atoms with Crippen molar-refractivity contribution in [3.05, 3.63) is 29.8 Å². The van der Waals surface area contributed by atoms with E-state index in [9.17, 15) is 4.79 Å². The molecular formula is C15H18N2O. The Hall–Kier alpha value is -1.95. The second-order valence-electron chi connectivity index (χ2n) is 4.85. The number of benzene rings is 1. The van der Waals surface area contributed by atoms with Crippen LogP contribution in [0.2, 0.25) is 0 Å². The highest BCUT2D eigenvalue weighted by molar-refractivity contribution is 5.89. The maximum atomic E-state index is 12.1. The van der Waals surface area contributed by atoms with E-state index in [0.29, 0.717) is 5.92 Å². The molecule has 2 rings (SSSR count). The van der Waals surface area contributed by atoms with Gasteiger partial charge in [0.05, 0.1) is 0 Å². The van der Waals surface area contributed by atoms with E-state index in [1.54, 1.807) is 0 Å². The summed E-state index contributed by atoms with van der Waals surface area (Å²) in [6.45, 7) is 3.85. The molecule has 0 bridgehead atoms. The highest BCUT2D eigenvalue weighted by Crippen LogP contribution is 2.17. The van der Waals surface area contributed by atoms with Gasteiger partial charge < -0.3 is 10.2 Å². The third-order valence-corrected chi connectivity index (χ3v) is 3.22. The fourth-order valence-electron chi connectivity index (χ4n) is 2.26. The van der Waals surface area contributed by atoms with Crippen molar-refractivity contribution < 1.29 is 4.79 Å². The van der Waals surface area contributed by atoms with Crippen LogP contribution in [0.25, 0.3) is 0 Å². The lowest BCUT2D eigenvalue weighted by Crippen LogP contribution is -2.41. The molecule has 0 aliphatic carbocycles. The first-order chi connectivity index (χ1) is 8.69. The van der Waals surface area contributed by atoms with Gasteiger partial charge in [-0.1, -0.05) is 18.9 Å². The average molecular weight is 242 g/mol. The molecule has 18 heavy (non-hydrogen) atoms. The van der Waals surface area contributed by atoms with Gasteiger partial charge in [0.25, 0.3) is 0 Å². The molecule has 1 aromatic carbocycles. The van der Waals surface area contributed by atoms with Crippen LogP contribution in [0.1, 0.15) is 25.3 Å². The number of anilines is 1. The lowest BCUT2D eigenvalue weighted by molar-refractivity contribution is 0.182. The van der Waals surface area contributed by atoms with E-state index in [-0.39, 0.29) is 6.03 Å². The van der Waals surface area contributed by atoms with E-state index in [0.717, 1.165) is 30.8 Å². The SMILES string of the molecule is C#Cc1cccc(NC(=O)N2CCC[C@@H](C)C2)c1. The third kappa shape index (κ3) is 3.04. The Morgan fingerprint density at radius 3 is 3.11 bits per heavy atom. The van der Waals surface area contributed by atoms with E-state index in [1.807, 2.05) is 29.2 Å². The molecular weight excluding hydrogens is 224 g/mol. The Labute approximate surface area is 108 Å². The zero-order chi connectivity index (χ0) is 13.0. The maximum Gasteiger partial charge on any atom is 0.321 e. The molecule has 1 aliphatic rings. The van der Waals surface area contributed by atoms with Crippen molar-refractivity contribution in [2.45, 2.75) is 19.8 Å². The minimum absolute atomic E-state index is 0.0317. The minimum Gasteiger partial charge on any atom is -0.324 e. The highest BCUT2D eigenvalue weighted by atomic mass is 16.2. The predicted molar refractivity (Wildman–Crippen MR) is 73.4 cm³/mol. The summed E-state index contributed by atoms with van der Waals surface area (Å²) in [4.78, 5) is 13.9. The van der Waals surface area contributed by atoms with E-state index in [4.69, 9.17) is 6.42 Å². The average Bonchev–Trinajstić information content (AvgIpc) is 2.39. The molecule has 0 unspecified atom stereocenters. The fourth-order valence-corrected chi connectivity index (χ4v) is 2.26. The van der Waals surface area contributed by atoms with Crippen LogP contribution in [0.4, 0.5) is 10.5 Å². The summed E-state index contributed by atoms with van der Waals surface area (Å²) in [7, 11) is 0. The number of rotatable bonds is 1. The summed E-state index contributed by atoms with van der Waals surface area (Å²) in [5, 5.41) is 2.90. The van der Waals surface area contributed by atoms with Gasteiger partial charge in [-0.2, -0.15) is 0 Å². The first kappa shape index (κ1) is 12.5. The molecule has 94 valence electrons. The molecule has 1 saturated heterocycles. The van der Waals surface area contributed by atoms with E-state index >= 15 is 0 Å². The van der Waals surface area contributed by atoms with Crippen LogP contribution in [-0.4, -0.2) is 24.0 Å². The summed E-state index contributed by atoms with van der Waals surface area (Å²) in [5.41, 5.74) is 1.54. The Morgan fingerprint density at radius 1 is 1.56 bits per heavy atom. The molecule has 1 atom stereocenters. The van der Waals surface area contributed by atoms with Crippen molar-refractivity contribution in [1.82, 2.24) is 4.90 Å². The van der Waals surface area contributed by atoms with Crippen LogP contribution in [0, 0.1) is 18.3 Å². The fraction of sp³-hybridized carbons (Fsp3) is 0.400. The Balaban J connectivity index is 2.00. The van der Waals surface area contributed by atoms with Crippen molar-refractivity contribution in [2.24, 2.45) is 5.92 Å². The van der Waals surface area contributed by atoms with E-state index < -0.39 is 0 Å². The number of hydrogen-bond acceptors (Lipinski definition) is 1. The standard InChI is InChI=1S/C15H18N2O/c1-3-13-7-4-8-14(10-13)16-15(18)17-9-5-6-12(2)11-17/h1,4,7-8,10,12H,5-6,9,11H2,2H3,(H,16,18)/t12-/m1/s1. The van der Waals surface area contributed by atoms with Crippen LogP contribution < -0.4 is 5.32 Å². The molecule has 0 radical (unpaired) electrons. The molecule has 0 aromatic heterocycles. The number of urea groups is 1.